The van der Waals surface area contributed by atoms with E-state index in [9.17, 15) is 5.11 Å². The van der Waals surface area contributed by atoms with Gasteiger partial charge in [-0.3, -0.25) is 0 Å². The molecular weight excluding hydrogens is 343 g/mol. The van der Waals surface area contributed by atoms with E-state index in [1.165, 1.54) is 30.8 Å². The van der Waals surface area contributed by atoms with E-state index < -0.39 is 0 Å². The highest BCUT2D eigenvalue weighted by molar-refractivity contribution is 6.33. The zero-order valence-electron chi connectivity index (χ0n) is 13.4. The monoisotopic (exact) mass is 363 g/mol. The van der Waals surface area contributed by atoms with Crippen LogP contribution in [0.2, 0.25) is 10.0 Å². The summed E-state index contributed by atoms with van der Waals surface area (Å²) < 4.78 is 2.19. The Labute approximate surface area is 151 Å². The van der Waals surface area contributed by atoms with Crippen molar-refractivity contribution in [2.24, 2.45) is 0 Å². The summed E-state index contributed by atoms with van der Waals surface area (Å²) >= 11 is 12.4. The highest BCUT2D eigenvalue weighted by Crippen LogP contribution is 2.32. The highest BCUT2D eigenvalue weighted by Gasteiger charge is 2.21. The average Bonchev–Trinajstić information content (AvgIpc) is 3.15. The molecule has 0 spiro atoms. The standard InChI is InChI=1S/C19H20Cl2N2O/c20-13-3-5-18-16(9-13)17-10-14(21)4-6-19(17)23(18)12-15(24)11-22-7-1-2-8-22/h3-6,9-10,15,24H,1-2,7-8,11-12H2/p+1/t15-/m1/s1. The summed E-state index contributed by atoms with van der Waals surface area (Å²) in [7, 11) is 0. The predicted octanol–water partition coefficient (Wildman–Crippen LogP) is 3.14. The fourth-order valence-electron chi connectivity index (χ4n) is 3.93. The Bertz CT molecular complexity index is 825. The lowest BCUT2D eigenvalue weighted by Crippen LogP contribution is -3.11. The number of fused-ring (bicyclic) bond motifs is 3. The van der Waals surface area contributed by atoms with Gasteiger partial charge in [0.05, 0.1) is 19.6 Å². The van der Waals surface area contributed by atoms with Gasteiger partial charge in [0, 0.05) is 44.7 Å². The first-order chi connectivity index (χ1) is 11.6. The summed E-state index contributed by atoms with van der Waals surface area (Å²) in [5.74, 6) is 0. The van der Waals surface area contributed by atoms with E-state index in [4.69, 9.17) is 23.2 Å². The Balaban J connectivity index is 1.75. The number of nitrogens with zero attached hydrogens (tertiary/aromatic N) is 1. The number of halogens is 2. The van der Waals surface area contributed by atoms with Crippen LogP contribution >= 0.6 is 23.2 Å². The van der Waals surface area contributed by atoms with Gasteiger partial charge in [0.25, 0.3) is 0 Å². The molecular formula is C19H21Cl2N2O+. The van der Waals surface area contributed by atoms with Gasteiger partial charge in [-0.25, -0.2) is 0 Å². The lowest BCUT2D eigenvalue weighted by atomic mass is 10.1. The summed E-state index contributed by atoms with van der Waals surface area (Å²) in [5, 5.41) is 14.2. The first-order valence-corrected chi connectivity index (χ1v) is 9.26. The SMILES string of the molecule is O[C@@H](Cn1c2ccc(Cl)cc2c2cc(Cl)ccc21)C[NH+]1CCCC1. The van der Waals surface area contributed by atoms with Crippen LogP contribution in [0.1, 0.15) is 12.8 Å². The van der Waals surface area contributed by atoms with Gasteiger partial charge in [-0.15, -0.1) is 0 Å². The topological polar surface area (TPSA) is 29.6 Å². The molecule has 3 aromatic rings. The molecule has 1 atom stereocenters. The molecule has 3 nitrogen and oxygen atoms in total. The normalized spacial score (nSPS) is 17.1. The lowest BCUT2D eigenvalue weighted by molar-refractivity contribution is -0.890. The van der Waals surface area contributed by atoms with Crippen molar-refractivity contribution in [1.29, 1.82) is 0 Å². The molecule has 1 fully saturated rings. The zero-order valence-corrected chi connectivity index (χ0v) is 14.9. The van der Waals surface area contributed by atoms with E-state index in [0.717, 1.165) is 28.4 Å². The van der Waals surface area contributed by atoms with Gasteiger partial charge in [0.15, 0.2) is 0 Å². The molecule has 4 rings (SSSR count). The minimum atomic E-state index is -0.358. The van der Waals surface area contributed by atoms with E-state index in [1.807, 2.05) is 36.4 Å². The quantitative estimate of drug-likeness (QED) is 0.732. The van der Waals surface area contributed by atoms with Gasteiger partial charge in [-0.05, 0) is 36.4 Å². The molecule has 5 heteroatoms. The largest absolute Gasteiger partial charge is 0.385 e. The van der Waals surface area contributed by atoms with Crippen LogP contribution in [-0.4, -0.2) is 35.4 Å². The Morgan fingerprint density at radius 3 is 2.04 bits per heavy atom. The van der Waals surface area contributed by atoms with Crippen molar-refractivity contribution in [1.82, 2.24) is 4.57 Å². The minimum Gasteiger partial charge on any atom is -0.385 e. The molecule has 1 aliphatic heterocycles. The summed E-state index contributed by atoms with van der Waals surface area (Å²) in [6, 6.07) is 11.8. The molecule has 0 amide bonds. The number of hydrogen-bond acceptors (Lipinski definition) is 1. The van der Waals surface area contributed by atoms with Crippen molar-refractivity contribution < 1.29 is 10.0 Å². The molecule has 2 N–H and O–H groups in total. The minimum absolute atomic E-state index is 0.358. The van der Waals surface area contributed by atoms with E-state index in [2.05, 4.69) is 4.57 Å². The van der Waals surface area contributed by atoms with Gasteiger partial charge in [0.1, 0.15) is 12.6 Å². The molecule has 126 valence electrons. The first kappa shape index (κ1) is 16.2. The van der Waals surface area contributed by atoms with Crippen LogP contribution in [-0.2, 0) is 6.54 Å². The summed E-state index contributed by atoms with van der Waals surface area (Å²) in [6.07, 6.45) is 2.19. The van der Waals surface area contributed by atoms with Crippen LogP contribution in [0.5, 0.6) is 0 Å². The molecule has 0 radical (unpaired) electrons. The zero-order chi connectivity index (χ0) is 16.7. The van der Waals surface area contributed by atoms with E-state index >= 15 is 0 Å². The summed E-state index contributed by atoms with van der Waals surface area (Å²) in [5.41, 5.74) is 2.18. The molecule has 2 heterocycles. The van der Waals surface area contributed by atoms with E-state index in [0.29, 0.717) is 16.6 Å². The van der Waals surface area contributed by atoms with Gasteiger partial charge >= 0.3 is 0 Å². The molecule has 0 aliphatic carbocycles. The Kier molecular flexibility index (Phi) is 4.44. The third-order valence-electron chi connectivity index (χ3n) is 5.02. The Hall–Kier alpha value is -1.26. The van der Waals surface area contributed by atoms with Gasteiger partial charge in [0.2, 0.25) is 0 Å². The first-order valence-electron chi connectivity index (χ1n) is 8.50. The van der Waals surface area contributed by atoms with Crippen LogP contribution in [0.15, 0.2) is 36.4 Å². The molecule has 2 aromatic carbocycles. The van der Waals surface area contributed by atoms with E-state index in [1.54, 1.807) is 0 Å². The van der Waals surface area contributed by atoms with Crippen LogP contribution < -0.4 is 4.90 Å². The predicted molar refractivity (Wildman–Crippen MR) is 100 cm³/mol. The van der Waals surface area contributed by atoms with Crippen molar-refractivity contribution in [3.8, 4) is 0 Å². The van der Waals surface area contributed by atoms with Crippen LogP contribution in [0.25, 0.3) is 21.8 Å². The number of benzene rings is 2. The van der Waals surface area contributed by atoms with Gasteiger partial charge in [-0.2, -0.15) is 0 Å². The highest BCUT2D eigenvalue weighted by atomic mass is 35.5. The second kappa shape index (κ2) is 6.57. The maximum Gasteiger partial charge on any atom is 0.121 e. The lowest BCUT2D eigenvalue weighted by Gasteiger charge is -2.18. The third-order valence-corrected chi connectivity index (χ3v) is 5.49. The molecule has 1 aromatic heterocycles. The summed E-state index contributed by atoms with van der Waals surface area (Å²) in [6.45, 7) is 3.75. The maximum absolute atomic E-state index is 10.6. The van der Waals surface area contributed by atoms with Gasteiger partial charge in [-0.1, -0.05) is 23.2 Å². The second-order valence-corrected chi connectivity index (χ2v) is 7.62. The molecule has 1 saturated heterocycles. The number of aliphatic hydroxyl groups excluding tert-OH is 1. The molecule has 0 unspecified atom stereocenters. The van der Waals surface area contributed by atoms with E-state index in [-0.39, 0.29) is 6.10 Å². The molecule has 0 saturated carbocycles. The van der Waals surface area contributed by atoms with Crippen LogP contribution in [0, 0.1) is 0 Å². The molecule has 1 aliphatic rings. The van der Waals surface area contributed by atoms with Crippen molar-refractivity contribution >= 4 is 45.0 Å². The fourth-order valence-corrected chi connectivity index (χ4v) is 4.28. The van der Waals surface area contributed by atoms with Gasteiger partial charge < -0.3 is 14.6 Å². The van der Waals surface area contributed by atoms with Crippen molar-refractivity contribution in [3.05, 3.63) is 46.4 Å². The number of hydrogen-bond donors (Lipinski definition) is 2. The van der Waals surface area contributed by atoms with Crippen LogP contribution in [0.3, 0.4) is 0 Å². The molecule has 24 heavy (non-hydrogen) atoms. The third kappa shape index (κ3) is 3.02. The summed E-state index contributed by atoms with van der Waals surface area (Å²) in [4.78, 5) is 1.51. The number of aliphatic hydroxyl groups is 1. The number of aromatic nitrogens is 1. The molecule has 0 bridgehead atoms. The Morgan fingerprint density at radius 2 is 1.50 bits per heavy atom. The average molecular weight is 364 g/mol. The van der Waals surface area contributed by atoms with Crippen molar-refractivity contribution in [3.63, 3.8) is 0 Å². The number of nitrogens with one attached hydrogen (secondary N) is 1. The smallest absolute Gasteiger partial charge is 0.121 e. The fraction of sp³-hybridized carbons (Fsp3) is 0.368. The van der Waals surface area contributed by atoms with Crippen LogP contribution in [0.4, 0.5) is 0 Å². The van der Waals surface area contributed by atoms with Crippen molar-refractivity contribution in [2.45, 2.75) is 25.5 Å². The number of rotatable bonds is 4. The number of likely N-dealkylation sites (tertiary alicyclic amines) is 1. The Morgan fingerprint density at radius 1 is 0.958 bits per heavy atom. The maximum atomic E-state index is 10.6. The number of quaternary nitrogens is 1. The second-order valence-electron chi connectivity index (χ2n) is 6.75. The van der Waals surface area contributed by atoms with Crippen molar-refractivity contribution in [2.75, 3.05) is 19.6 Å².